The van der Waals surface area contributed by atoms with Gasteiger partial charge in [0, 0.05) is 36.1 Å². The number of hydrogen-bond donors (Lipinski definition) is 2. The molecule has 1 aliphatic carbocycles. The van der Waals surface area contributed by atoms with E-state index in [9.17, 15) is 5.26 Å². The van der Waals surface area contributed by atoms with E-state index in [1.165, 1.54) is 23.3 Å². The summed E-state index contributed by atoms with van der Waals surface area (Å²) in [7, 11) is 0. The van der Waals surface area contributed by atoms with Crippen LogP contribution in [0.25, 0.3) is 0 Å². The second-order valence-corrected chi connectivity index (χ2v) is 6.38. The fraction of sp³-hybridized carbons (Fsp3) is 0.583. The van der Waals surface area contributed by atoms with Crippen molar-refractivity contribution < 1.29 is 0 Å². The normalized spacial score (nSPS) is 25.6. The number of thiophene rings is 1. The predicted molar refractivity (Wildman–Crippen MR) is 66.6 cm³/mol. The number of nitrogen functional groups attached to an aromatic ring is 1. The molecule has 2 aliphatic heterocycles. The van der Waals surface area contributed by atoms with Crippen molar-refractivity contribution in [2.45, 2.75) is 31.0 Å². The maximum atomic E-state index is 9.30. The molecule has 3 N–H and O–H groups in total. The molecule has 0 atom stereocenters. The molecule has 0 bridgehead atoms. The van der Waals surface area contributed by atoms with Gasteiger partial charge >= 0.3 is 0 Å². The highest BCUT2D eigenvalue weighted by atomic mass is 32.1. The summed E-state index contributed by atoms with van der Waals surface area (Å²) in [6.07, 6.45) is 2.63. The molecule has 88 valence electrons. The van der Waals surface area contributed by atoms with Crippen molar-refractivity contribution >= 4 is 16.3 Å². The van der Waals surface area contributed by atoms with E-state index >= 15 is 0 Å². The zero-order chi connectivity index (χ0) is 11.6. The summed E-state index contributed by atoms with van der Waals surface area (Å²) in [6.45, 7) is 2.95. The van der Waals surface area contributed by atoms with E-state index in [1.54, 1.807) is 11.3 Å². The minimum atomic E-state index is 0.0929. The Balaban J connectivity index is 1.88. The number of nitrogens with one attached hydrogen (secondary N) is 1. The van der Waals surface area contributed by atoms with Crippen molar-refractivity contribution in [3.63, 3.8) is 0 Å². The van der Waals surface area contributed by atoms with Crippen LogP contribution in [-0.4, -0.2) is 24.0 Å². The van der Waals surface area contributed by atoms with Crippen LogP contribution in [0.15, 0.2) is 0 Å². The van der Waals surface area contributed by atoms with Gasteiger partial charge in [-0.25, -0.2) is 0 Å². The number of anilines is 1. The second kappa shape index (κ2) is 3.02. The van der Waals surface area contributed by atoms with Crippen LogP contribution in [0.4, 0.5) is 5.00 Å². The average Bonchev–Trinajstić information content (AvgIpc) is 2.96. The molecular weight excluding hydrogens is 232 g/mol. The molecule has 1 aromatic heterocycles. The smallest absolute Gasteiger partial charge is 0.104 e. The first-order chi connectivity index (χ1) is 8.26. The van der Waals surface area contributed by atoms with E-state index in [0.29, 0.717) is 5.00 Å². The van der Waals surface area contributed by atoms with E-state index < -0.39 is 0 Å². The highest BCUT2D eigenvalue weighted by molar-refractivity contribution is 7.16. The van der Waals surface area contributed by atoms with Crippen LogP contribution < -0.4 is 11.1 Å². The Bertz CT molecular complexity index is 533. The number of hydrogen-bond acceptors (Lipinski definition) is 5. The number of nitrogens with zero attached hydrogens (tertiary/aromatic N) is 2. The Hall–Kier alpha value is -1.09. The molecule has 3 aliphatic rings. The standard InChI is InChI=1S/C12H14N4S/c13-3-8-10-9(17-11(8)14)4-16(7-1-2-7)12(10)5-15-6-12/h7,15H,1-2,4-6,14H2. The van der Waals surface area contributed by atoms with Crippen molar-refractivity contribution in [3.8, 4) is 6.07 Å². The fourth-order valence-corrected chi connectivity index (χ4v) is 4.38. The molecule has 0 amide bonds. The maximum Gasteiger partial charge on any atom is 0.104 e. The SMILES string of the molecule is N#Cc1c(N)sc2c1C1(CNC1)N(C1CC1)C2. The fourth-order valence-electron chi connectivity index (χ4n) is 3.27. The Morgan fingerprint density at radius 1 is 1.47 bits per heavy atom. The Kier molecular flexibility index (Phi) is 1.76. The lowest BCUT2D eigenvalue weighted by atomic mass is 9.83. The number of fused-ring (bicyclic) bond motifs is 2. The Labute approximate surface area is 104 Å². The van der Waals surface area contributed by atoms with Crippen molar-refractivity contribution in [1.82, 2.24) is 10.2 Å². The third-order valence-corrected chi connectivity index (χ3v) is 5.28. The van der Waals surface area contributed by atoms with Crippen LogP contribution in [-0.2, 0) is 12.1 Å². The van der Waals surface area contributed by atoms with Crippen LogP contribution in [0.1, 0.15) is 28.8 Å². The van der Waals surface area contributed by atoms with Gasteiger partial charge in [0.25, 0.3) is 0 Å². The van der Waals surface area contributed by atoms with Crippen molar-refractivity contribution in [1.29, 1.82) is 5.26 Å². The van der Waals surface area contributed by atoms with Gasteiger partial charge in [0.15, 0.2) is 0 Å². The topological polar surface area (TPSA) is 65.1 Å². The van der Waals surface area contributed by atoms with E-state index in [2.05, 4.69) is 16.3 Å². The molecule has 5 heteroatoms. The second-order valence-electron chi connectivity index (χ2n) is 5.25. The molecule has 17 heavy (non-hydrogen) atoms. The van der Waals surface area contributed by atoms with Gasteiger partial charge in [-0.1, -0.05) is 0 Å². The third kappa shape index (κ3) is 1.08. The quantitative estimate of drug-likeness (QED) is 0.775. The van der Waals surface area contributed by atoms with Gasteiger partial charge in [0.05, 0.1) is 11.1 Å². The molecule has 2 fully saturated rings. The summed E-state index contributed by atoms with van der Waals surface area (Å²) < 4.78 is 0. The third-order valence-electron chi connectivity index (χ3n) is 4.27. The van der Waals surface area contributed by atoms with Crippen LogP contribution in [0, 0.1) is 11.3 Å². The zero-order valence-corrected chi connectivity index (χ0v) is 10.3. The Morgan fingerprint density at radius 2 is 2.24 bits per heavy atom. The molecule has 0 aromatic carbocycles. The molecule has 1 saturated carbocycles. The first-order valence-corrected chi connectivity index (χ1v) is 6.87. The first-order valence-electron chi connectivity index (χ1n) is 6.05. The summed E-state index contributed by atoms with van der Waals surface area (Å²) >= 11 is 1.61. The van der Waals surface area contributed by atoms with Crippen molar-refractivity contribution in [2.24, 2.45) is 0 Å². The lowest BCUT2D eigenvalue weighted by Gasteiger charge is -2.47. The lowest BCUT2D eigenvalue weighted by molar-refractivity contribution is 0.0404. The molecule has 1 aromatic rings. The van der Waals surface area contributed by atoms with Crippen molar-refractivity contribution in [3.05, 3.63) is 16.0 Å². The van der Waals surface area contributed by atoms with E-state index in [0.717, 1.165) is 31.2 Å². The predicted octanol–water partition coefficient (Wildman–Crippen LogP) is 0.978. The monoisotopic (exact) mass is 246 g/mol. The largest absolute Gasteiger partial charge is 0.389 e. The molecule has 3 heterocycles. The molecule has 0 unspecified atom stereocenters. The van der Waals surface area contributed by atoms with Gasteiger partial charge < -0.3 is 11.1 Å². The molecule has 1 saturated heterocycles. The van der Waals surface area contributed by atoms with Crippen LogP contribution >= 0.6 is 11.3 Å². The highest BCUT2D eigenvalue weighted by Gasteiger charge is 2.56. The van der Waals surface area contributed by atoms with Gasteiger partial charge in [-0.2, -0.15) is 5.26 Å². The summed E-state index contributed by atoms with van der Waals surface area (Å²) in [4.78, 5) is 3.93. The minimum absolute atomic E-state index is 0.0929. The number of rotatable bonds is 1. The van der Waals surface area contributed by atoms with Gasteiger partial charge in [0.2, 0.25) is 0 Å². The van der Waals surface area contributed by atoms with Gasteiger partial charge in [-0.05, 0) is 12.8 Å². The van der Waals surface area contributed by atoms with Gasteiger partial charge in [0.1, 0.15) is 11.1 Å². The molecule has 1 spiro atoms. The Morgan fingerprint density at radius 3 is 2.76 bits per heavy atom. The molecule has 4 rings (SSSR count). The molecular formula is C12H14N4S. The van der Waals surface area contributed by atoms with Gasteiger partial charge in [-0.15, -0.1) is 11.3 Å². The van der Waals surface area contributed by atoms with E-state index in [1.807, 2.05) is 0 Å². The van der Waals surface area contributed by atoms with E-state index in [4.69, 9.17) is 5.73 Å². The van der Waals surface area contributed by atoms with Crippen LogP contribution in [0.2, 0.25) is 0 Å². The summed E-state index contributed by atoms with van der Waals surface area (Å²) in [5.74, 6) is 0. The summed E-state index contributed by atoms with van der Waals surface area (Å²) in [5.41, 5.74) is 8.04. The average molecular weight is 246 g/mol. The molecule has 4 nitrogen and oxygen atoms in total. The number of nitrogens with two attached hydrogens (primary N) is 1. The maximum absolute atomic E-state index is 9.30. The first kappa shape index (κ1) is 9.89. The van der Waals surface area contributed by atoms with Gasteiger partial charge in [-0.3, -0.25) is 4.90 Å². The summed E-state index contributed by atoms with van der Waals surface area (Å²) in [6, 6.07) is 3.05. The molecule has 0 radical (unpaired) electrons. The van der Waals surface area contributed by atoms with Crippen LogP contribution in [0.5, 0.6) is 0 Å². The lowest BCUT2D eigenvalue weighted by Crippen LogP contribution is -2.64. The van der Waals surface area contributed by atoms with Crippen LogP contribution in [0.3, 0.4) is 0 Å². The van der Waals surface area contributed by atoms with E-state index in [-0.39, 0.29) is 5.54 Å². The van der Waals surface area contributed by atoms with Crippen molar-refractivity contribution in [2.75, 3.05) is 18.8 Å². The summed E-state index contributed by atoms with van der Waals surface area (Å²) in [5, 5.41) is 13.4. The minimum Gasteiger partial charge on any atom is -0.389 e. The highest BCUT2D eigenvalue weighted by Crippen LogP contribution is 2.52. The zero-order valence-electron chi connectivity index (χ0n) is 9.49. The number of nitriles is 1.